The number of urea groups is 1. The molecule has 0 aliphatic carbocycles. The molecule has 3 aromatic rings. The number of hydrogen-bond donors (Lipinski definition) is 2. The van der Waals surface area contributed by atoms with E-state index >= 15 is 0 Å². The van der Waals surface area contributed by atoms with Crippen molar-refractivity contribution in [3.63, 3.8) is 0 Å². The van der Waals surface area contributed by atoms with Gasteiger partial charge >= 0.3 is 6.03 Å². The van der Waals surface area contributed by atoms with Gasteiger partial charge in [0.25, 0.3) is 0 Å². The Bertz CT molecular complexity index is 1190. The van der Waals surface area contributed by atoms with Crippen LogP contribution in [0.4, 0.5) is 14.9 Å². The summed E-state index contributed by atoms with van der Waals surface area (Å²) >= 11 is 0. The normalized spacial score (nSPS) is 22.1. The minimum Gasteiger partial charge on any atom is -0.497 e. The van der Waals surface area contributed by atoms with Crippen LogP contribution in [0.5, 0.6) is 5.75 Å². The lowest BCUT2D eigenvalue weighted by atomic mass is 9.74. The number of carbonyl (C=O) groups excluding carboxylic acids is 1. The Labute approximate surface area is 211 Å². The van der Waals surface area contributed by atoms with Crippen LogP contribution in [0.3, 0.4) is 0 Å². The van der Waals surface area contributed by atoms with E-state index in [1.807, 2.05) is 59.5 Å². The van der Waals surface area contributed by atoms with Gasteiger partial charge in [-0.25, -0.2) is 9.18 Å². The monoisotopic (exact) mass is 489 g/mol. The fourth-order valence-electron chi connectivity index (χ4n) is 5.58. The molecule has 3 atom stereocenters. The van der Waals surface area contributed by atoms with Gasteiger partial charge in [-0.1, -0.05) is 42.5 Å². The Balaban J connectivity index is 1.33. The van der Waals surface area contributed by atoms with Gasteiger partial charge in [-0.05, 0) is 60.8 Å². The molecule has 188 valence electrons. The number of ether oxygens (including phenoxy) is 1. The average molecular weight is 490 g/mol. The molecule has 2 aliphatic heterocycles. The second kappa shape index (κ2) is 10.7. The molecule has 2 saturated heterocycles. The van der Waals surface area contributed by atoms with Gasteiger partial charge in [0.15, 0.2) is 0 Å². The number of anilines is 1. The first-order chi connectivity index (χ1) is 17.6. The maximum Gasteiger partial charge on any atom is 0.321 e. The van der Waals surface area contributed by atoms with Gasteiger partial charge in [-0.2, -0.15) is 0 Å². The van der Waals surface area contributed by atoms with E-state index in [9.17, 15) is 14.3 Å². The first-order valence-corrected chi connectivity index (χ1v) is 12.5. The van der Waals surface area contributed by atoms with Crippen molar-refractivity contribution >= 4 is 11.7 Å². The molecule has 0 aromatic heterocycles. The van der Waals surface area contributed by atoms with E-state index < -0.39 is 0 Å². The Morgan fingerprint density at radius 3 is 2.44 bits per heavy atom. The quantitative estimate of drug-likeness (QED) is 0.532. The van der Waals surface area contributed by atoms with E-state index in [4.69, 9.17) is 4.74 Å². The third-order valence-corrected chi connectivity index (χ3v) is 7.48. The Kier molecular flexibility index (Phi) is 7.20. The molecule has 2 heterocycles. The molecule has 2 fully saturated rings. The van der Waals surface area contributed by atoms with Crippen LogP contribution >= 0.6 is 0 Å². The molecule has 0 unspecified atom stereocenters. The minimum absolute atomic E-state index is 0.0129. The summed E-state index contributed by atoms with van der Waals surface area (Å²) in [5.41, 5.74) is 3.23. The number of rotatable bonds is 5. The number of aliphatic hydroxyl groups excluding tert-OH is 1. The van der Waals surface area contributed by atoms with Crippen LogP contribution in [-0.4, -0.2) is 66.4 Å². The summed E-state index contributed by atoms with van der Waals surface area (Å²) in [6, 6.07) is 22.0. The van der Waals surface area contributed by atoms with Crippen molar-refractivity contribution in [2.75, 3.05) is 38.7 Å². The number of carbonyl (C=O) groups is 1. The molecule has 7 heteroatoms. The number of hydrogen-bond acceptors (Lipinski definition) is 4. The van der Waals surface area contributed by atoms with Crippen LogP contribution in [0.15, 0.2) is 72.8 Å². The molecular weight excluding hydrogens is 457 g/mol. The molecule has 0 saturated carbocycles. The van der Waals surface area contributed by atoms with E-state index in [-0.39, 0.29) is 36.5 Å². The summed E-state index contributed by atoms with van der Waals surface area (Å²) in [6.07, 6.45) is 1.89. The lowest BCUT2D eigenvalue weighted by Crippen LogP contribution is -2.68. The van der Waals surface area contributed by atoms with Crippen molar-refractivity contribution in [3.05, 3.63) is 84.2 Å². The standard InChI is InChI=1S/C29H32FN3O3/c1-36-23-14-12-22(13-15-23)31-29(35)32-16-4-5-17-33-26(18-32)28(27(33)19-34)21-10-8-20(9-11-21)24-6-2-3-7-25(24)30/h2-3,6-15,26-28,34H,4-5,16-19H2,1H3,(H,31,35)/t26-,27-,28-/m0/s1. The summed E-state index contributed by atoms with van der Waals surface area (Å²) in [5, 5.41) is 13.2. The highest BCUT2D eigenvalue weighted by atomic mass is 19.1. The number of benzene rings is 3. The van der Waals surface area contributed by atoms with Crippen molar-refractivity contribution in [3.8, 4) is 16.9 Å². The molecule has 0 spiro atoms. The fourth-order valence-corrected chi connectivity index (χ4v) is 5.58. The molecule has 0 bridgehead atoms. The Hall–Kier alpha value is -3.42. The van der Waals surface area contributed by atoms with Gasteiger partial charge in [0.05, 0.1) is 13.7 Å². The summed E-state index contributed by atoms with van der Waals surface area (Å²) in [7, 11) is 1.61. The van der Waals surface area contributed by atoms with Crippen molar-refractivity contribution in [2.24, 2.45) is 0 Å². The zero-order chi connectivity index (χ0) is 25.1. The van der Waals surface area contributed by atoms with Gasteiger partial charge in [-0.3, -0.25) is 4.90 Å². The van der Waals surface area contributed by atoms with Crippen LogP contribution in [0, 0.1) is 5.82 Å². The smallest absolute Gasteiger partial charge is 0.321 e. The number of nitrogens with zero attached hydrogens (tertiary/aromatic N) is 2. The third kappa shape index (κ3) is 4.81. The molecule has 2 amide bonds. The third-order valence-electron chi connectivity index (χ3n) is 7.48. The van der Waals surface area contributed by atoms with Crippen molar-refractivity contribution in [2.45, 2.75) is 30.8 Å². The first kappa shape index (κ1) is 24.3. The van der Waals surface area contributed by atoms with Crippen molar-refractivity contribution < 1.29 is 19.0 Å². The number of aliphatic hydroxyl groups is 1. The lowest BCUT2D eigenvalue weighted by Gasteiger charge is -2.57. The van der Waals surface area contributed by atoms with E-state index in [0.717, 1.165) is 42.0 Å². The van der Waals surface area contributed by atoms with Gasteiger partial charge < -0.3 is 20.1 Å². The number of methoxy groups -OCH3 is 1. The van der Waals surface area contributed by atoms with Crippen LogP contribution < -0.4 is 10.1 Å². The molecule has 5 rings (SSSR count). The van der Waals surface area contributed by atoms with Gasteiger partial charge in [0.2, 0.25) is 0 Å². The second-order valence-electron chi connectivity index (χ2n) is 9.49. The lowest BCUT2D eigenvalue weighted by molar-refractivity contribution is -0.0585. The molecular formula is C29H32FN3O3. The summed E-state index contributed by atoms with van der Waals surface area (Å²) in [6.45, 7) is 2.25. The molecule has 2 aliphatic rings. The maximum atomic E-state index is 14.3. The summed E-state index contributed by atoms with van der Waals surface area (Å²) < 4.78 is 19.5. The van der Waals surface area contributed by atoms with E-state index in [0.29, 0.717) is 18.7 Å². The second-order valence-corrected chi connectivity index (χ2v) is 9.49. The van der Waals surface area contributed by atoms with Crippen LogP contribution in [0.2, 0.25) is 0 Å². The molecule has 0 radical (unpaired) electrons. The SMILES string of the molecule is COc1ccc(NC(=O)N2CCCCN3[C@@H](CO)[C@@H](c4ccc(-c5ccccc5F)cc4)[C@@H]3C2)cc1. The fraction of sp³-hybridized carbons (Fsp3) is 0.345. The van der Waals surface area contributed by atoms with E-state index in [1.54, 1.807) is 19.2 Å². The predicted octanol–water partition coefficient (Wildman–Crippen LogP) is 4.96. The zero-order valence-corrected chi connectivity index (χ0v) is 20.4. The molecule has 6 nitrogen and oxygen atoms in total. The number of fused-ring (bicyclic) bond motifs is 1. The topological polar surface area (TPSA) is 65.0 Å². The van der Waals surface area contributed by atoms with Crippen molar-refractivity contribution in [1.29, 1.82) is 0 Å². The van der Waals surface area contributed by atoms with Gasteiger partial charge in [0.1, 0.15) is 11.6 Å². The van der Waals surface area contributed by atoms with Gasteiger partial charge in [-0.15, -0.1) is 0 Å². The highest BCUT2D eigenvalue weighted by Crippen LogP contribution is 2.42. The number of nitrogens with one attached hydrogen (secondary N) is 1. The summed E-state index contributed by atoms with van der Waals surface area (Å²) in [5.74, 6) is 0.592. The van der Waals surface area contributed by atoms with Crippen LogP contribution in [-0.2, 0) is 0 Å². The molecule has 2 N–H and O–H groups in total. The summed E-state index contributed by atoms with van der Waals surface area (Å²) in [4.78, 5) is 17.4. The average Bonchev–Trinajstić information content (AvgIpc) is 2.89. The first-order valence-electron chi connectivity index (χ1n) is 12.5. The Morgan fingerprint density at radius 1 is 1.03 bits per heavy atom. The highest BCUT2D eigenvalue weighted by Gasteiger charge is 2.49. The minimum atomic E-state index is -0.244. The van der Waals surface area contributed by atoms with E-state index in [1.165, 1.54) is 6.07 Å². The number of halogens is 1. The van der Waals surface area contributed by atoms with Crippen LogP contribution in [0.1, 0.15) is 24.3 Å². The largest absolute Gasteiger partial charge is 0.497 e. The Morgan fingerprint density at radius 2 is 1.75 bits per heavy atom. The van der Waals surface area contributed by atoms with E-state index in [2.05, 4.69) is 10.2 Å². The zero-order valence-electron chi connectivity index (χ0n) is 20.4. The van der Waals surface area contributed by atoms with Crippen molar-refractivity contribution in [1.82, 2.24) is 9.80 Å². The van der Waals surface area contributed by atoms with Crippen LogP contribution in [0.25, 0.3) is 11.1 Å². The molecule has 3 aromatic carbocycles. The van der Waals surface area contributed by atoms with Gasteiger partial charge in [0, 0.05) is 42.3 Å². The number of amides is 2. The maximum absolute atomic E-state index is 14.3. The highest BCUT2D eigenvalue weighted by molar-refractivity contribution is 5.89. The molecule has 36 heavy (non-hydrogen) atoms. The predicted molar refractivity (Wildman–Crippen MR) is 139 cm³/mol.